The molecule has 0 atom stereocenters. The van der Waals surface area contributed by atoms with Crippen molar-refractivity contribution in [1.29, 1.82) is 0 Å². The van der Waals surface area contributed by atoms with Crippen LogP contribution >= 0.6 is 0 Å². The van der Waals surface area contributed by atoms with Crippen molar-refractivity contribution >= 4 is 5.91 Å². The highest BCUT2D eigenvalue weighted by Crippen LogP contribution is 2.11. The molecule has 0 saturated carbocycles. The van der Waals surface area contributed by atoms with Crippen LogP contribution in [0.2, 0.25) is 0 Å². The number of hydrogen-bond acceptors (Lipinski definition) is 3. The summed E-state index contributed by atoms with van der Waals surface area (Å²) >= 11 is 0. The molecule has 0 aromatic heterocycles. The van der Waals surface area contributed by atoms with Crippen LogP contribution < -0.4 is 5.32 Å². The first-order valence-corrected chi connectivity index (χ1v) is 6.31. The van der Waals surface area contributed by atoms with E-state index in [1.807, 2.05) is 4.90 Å². The highest BCUT2D eigenvalue weighted by atomic mass is 16.5. The summed E-state index contributed by atoms with van der Waals surface area (Å²) in [5, 5.41) is 3.26. The maximum atomic E-state index is 11.9. The van der Waals surface area contributed by atoms with E-state index in [0.717, 1.165) is 26.1 Å². The van der Waals surface area contributed by atoms with Gasteiger partial charge < -0.3 is 15.0 Å². The van der Waals surface area contributed by atoms with Gasteiger partial charge in [0.05, 0.1) is 6.61 Å². The number of hydrogen-bond donors (Lipinski definition) is 1. The molecule has 1 N–H and O–H groups in total. The van der Waals surface area contributed by atoms with Crippen molar-refractivity contribution < 1.29 is 9.53 Å². The molecule has 0 spiro atoms. The van der Waals surface area contributed by atoms with Crippen molar-refractivity contribution in [2.24, 2.45) is 0 Å². The van der Waals surface area contributed by atoms with E-state index in [0.29, 0.717) is 19.1 Å². The predicted molar refractivity (Wildman–Crippen MR) is 68.9 cm³/mol. The Labute approximate surface area is 104 Å². The Morgan fingerprint density at radius 3 is 2.88 bits per heavy atom. The van der Waals surface area contributed by atoms with Crippen LogP contribution in [0.15, 0.2) is 11.6 Å². The third kappa shape index (κ3) is 5.33. The molecule has 0 aliphatic carbocycles. The predicted octanol–water partition coefficient (Wildman–Crippen LogP) is 1.18. The number of carbonyl (C=O) groups is 1. The number of nitrogens with zero attached hydrogens (tertiary/aromatic N) is 1. The third-order valence-corrected chi connectivity index (χ3v) is 2.88. The minimum Gasteiger partial charge on any atom is -0.380 e. The number of ether oxygens (including phenoxy) is 1. The Kier molecular flexibility index (Phi) is 6.22. The Hall–Kier alpha value is -0.870. The SMILES string of the molecule is COCC1=CCN(C(=O)CCNC(C)C)CC1. The number of methoxy groups -OCH3 is 1. The second-order valence-electron chi connectivity index (χ2n) is 4.74. The molecule has 1 aliphatic heterocycles. The Balaban J connectivity index is 2.26. The topological polar surface area (TPSA) is 41.6 Å². The summed E-state index contributed by atoms with van der Waals surface area (Å²) in [6, 6.07) is 0.442. The van der Waals surface area contributed by atoms with E-state index in [9.17, 15) is 4.79 Å². The van der Waals surface area contributed by atoms with Crippen LogP contribution in [0.25, 0.3) is 0 Å². The molecule has 98 valence electrons. The van der Waals surface area contributed by atoms with E-state index in [1.165, 1.54) is 5.57 Å². The first kappa shape index (κ1) is 14.2. The summed E-state index contributed by atoms with van der Waals surface area (Å²) < 4.78 is 5.09. The molecule has 17 heavy (non-hydrogen) atoms. The zero-order chi connectivity index (χ0) is 12.7. The minimum atomic E-state index is 0.242. The van der Waals surface area contributed by atoms with Gasteiger partial charge in [-0.25, -0.2) is 0 Å². The van der Waals surface area contributed by atoms with Gasteiger partial charge in [0.15, 0.2) is 0 Å². The highest BCUT2D eigenvalue weighted by molar-refractivity contribution is 5.76. The van der Waals surface area contributed by atoms with Gasteiger partial charge in [-0.05, 0) is 12.0 Å². The van der Waals surface area contributed by atoms with E-state index >= 15 is 0 Å². The van der Waals surface area contributed by atoms with Crippen molar-refractivity contribution in [2.45, 2.75) is 32.7 Å². The lowest BCUT2D eigenvalue weighted by Crippen LogP contribution is -2.37. The molecule has 4 heteroatoms. The monoisotopic (exact) mass is 240 g/mol. The molecule has 0 unspecified atom stereocenters. The van der Waals surface area contributed by atoms with Crippen molar-refractivity contribution in [2.75, 3.05) is 33.4 Å². The average Bonchev–Trinajstić information content (AvgIpc) is 2.30. The fourth-order valence-corrected chi connectivity index (χ4v) is 1.88. The molecule has 0 fully saturated rings. The van der Waals surface area contributed by atoms with Crippen molar-refractivity contribution in [3.63, 3.8) is 0 Å². The van der Waals surface area contributed by atoms with Crippen LogP contribution in [0.4, 0.5) is 0 Å². The molecule has 1 amide bonds. The lowest BCUT2D eigenvalue weighted by Gasteiger charge is -2.26. The largest absolute Gasteiger partial charge is 0.380 e. The van der Waals surface area contributed by atoms with Gasteiger partial charge in [-0.1, -0.05) is 19.9 Å². The number of nitrogens with one attached hydrogen (secondary N) is 1. The first-order chi connectivity index (χ1) is 8.13. The molecule has 4 nitrogen and oxygen atoms in total. The smallest absolute Gasteiger partial charge is 0.224 e. The van der Waals surface area contributed by atoms with Gasteiger partial charge in [-0.3, -0.25) is 4.79 Å². The summed E-state index contributed by atoms with van der Waals surface area (Å²) in [6.45, 7) is 7.20. The van der Waals surface area contributed by atoms with Crippen LogP contribution in [0.3, 0.4) is 0 Å². The van der Waals surface area contributed by atoms with E-state index < -0.39 is 0 Å². The number of rotatable bonds is 6. The number of carbonyl (C=O) groups excluding carboxylic acids is 1. The molecular formula is C13H24N2O2. The van der Waals surface area contributed by atoms with Crippen molar-refractivity contribution in [1.82, 2.24) is 10.2 Å². The summed E-state index contributed by atoms with van der Waals surface area (Å²) in [5.74, 6) is 0.242. The second-order valence-corrected chi connectivity index (χ2v) is 4.74. The zero-order valence-electron chi connectivity index (χ0n) is 11.2. The van der Waals surface area contributed by atoms with Gasteiger partial charge in [0, 0.05) is 39.2 Å². The van der Waals surface area contributed by atoms with Crippen LogP contribution in [-0.2, 0) is 9.53 Å². The molecule has 0 radical (unpaired) electrons. The fraction of sp³-hybridized carbons (Fsp3) is 0.769. The Morgan fingerprint density at radius 2 is 2.35 bits per heavy atom. The Bertz CT molecular complexity index is 275. The summed E-state index contributed by atoms with van der Waals surface area (Å²) in [4.78, 5) is 13.8. The average molecular weight is 240 g/mol. The van der Waals surface area contributed by atoms with E-state index in [1.54, 1.807) is 7.11 Å². The summed E-state index contributed by atoms with van der Waals surface area (Å²) in [6.07, 6.45) is 3.64. The second kappa shape index (κ2) is 7.45. The van der Waals surface area contributed by atoms with Gasteiger partial charge in [0.2, 0.25) is 5.91 Å². The van der Waals surface area contributed by atoms with E-state index in [-0.39, 0.29) is 5.91 Å². The lowest BCUT2D eigenvalue weighted by atomic mass is 10.1. The molecule has 1 aliphatic rings. The molecule has 0 bridgehead atoms. The normalized spacial score (nSPS) is 16.2. The molecule has 1 rings (SSSR count). The quantitative estimate of drug-likeness (QED) is 0.709. The van der Waals surface area contributed by atoms with Gasteiger partial charge in [-0.15, -0.1) is 0 Å². The van der Waals surface area contributed by atoms with Gasteiger partial charge >= 0.3 is 0 Å². The van der Waals surface area contributed by atoms with Crippen LogP contribution in [0.5, 0.6) is 0 Å². The maximum Gasteiger partial charge on any atom is 0.224 e. The Morgan fingerprint density at radius 1 is 1.59 bits per heavy atom. The molecule has 0 saturated heterocycles. The summed E-state index contributed by atoms with van der Waals surface area (Å²) in [7, 11) is 1.70. The van der Waals surface area contributed by atoms with Crippen LogP contribution in [0.1, 0.15) is 26.7 Å². The van der Waals surface area contributed by atoms with Crippen molar-refractivity contribution in [3.05, 3.63) is 11.6 Å². The maximum absolute atomic E-state index is 11.9. The van der Waals surface area contributed by atoms with Crippen LogP contribution in [0, 0.1) is 0 Å². The molecule has 0 aromatic carbocycles. The summed E-state index contributed by atoms with van der Waals surface area (Å²) in [5.41, 5.74) is 1.30. The van der Waals surface area contributed by atoms with Gasteiger partial charge in [-0.2, -0.15) is 0 Å². The van der Waals surface area contributed by atoms with Gasteiger partial charge in [0.25, 0.3) is 0 Å². The van der Waals surface area contributed by atoms with Crippen LogP contribution in [-0.4, -0.2) is 50.2 Å². The molecule has 1 heterocycles. The molecule has 0 aromatic rings. The standard InChI is InChI=1S/C13H24N2O2/c1-11(2)14-7-4-13(16)15-8-5-12(6-9-15)10-17-3/h5,11,14H,4,6-10H2,1-3H3. The van der Waals surface area contributed by atoms with E-state index in [4.69, 9.17) is 4.74 Å². The first-order valence-electron chi connectivity index (χ1n) is 6.31. The molecular weight excluding hydrogens is 216 g/mol. The number of amides is 1. The van der Waals surface area contributed by atoms with E-state index in [2.05, 4.69) is 25.2 Å². The van der Waals surface area contributed by atoms with Gasteiger partial charge in [0.1, 0.15) is 0 Å². The third-order valence-electron chi connectivity index (χ3n) is 2.88. The lowest BCUT2D eigenvalue weighted by molar-refractivity contribution is -0.130. The fourth-order valence-electron chi connectivity index (χ4n) is 1.88. The minimum absolute atomic E-state index is 0.242. The van der Waals surface area contributed by atoms with Crippen molar-refractivity contribution in [3.8, 4) is 0 Å². The highest BCUT2D eigenvalue weighted by Gasteiger charge is 2.16. The zero-order valence-corrected chi connectivity index (χ0v) is 11.2.